The van der Waals surface area contributed by atoms with Crippen LogP contribution < -0.4 is 16.4 Å². The summed E-state index contributed by atoms with van der Waals surface area (Å²) in [5, 5.41) is 8.38. The lowest BCUT2D eigenvalue weighted by Crippen LogP contribution is -2.63. The van der Waals surface area contributed by atoms with Crippen LogP contribution in [0.1, 0.15) is 64.9 Å². The van der Waals surface area contributed by atoms with E-state index < -0.39 is 17.0 Å². The van der Waals surface area contributed by atoms with Crippen molar-refractivity contribution in [2.24, 2.45) is 27.5 Å². The Morgan fingerprint density at radius 2 is 1.91 bits per heavy atom. The molecule has 0 radical (unpaired) electrons. The Morgan fingerprint density at radius 3 is 2.59 bits per heavy atom. The normalized spacial score (nSPS) is 38.6. The van der Waals surface area contributed by atoms with Crippen LogP contribution in [-0.4, -0.2) is 52.3 Å². The number of carbonyl (C=O) groups excluding carboxylic acids is 1. The first-order chi connectivity index (χ1) is 16.0. The lowest BCUT2D eigenvalue weighted by Gasteiger charge is -2.58. The molecule has 0 bridgehead atoms. The molecule has 2 fully saturated rings. The first-order valence-corrected chi connectivity index (χ1v) is 14.1. The summed E-state index contributed by atoms with van der Waals surface area (Å²) in [5.74, 6) is -0.148. The van der Waals surface area contributed by atoms with Crippen LogP contribution in [0.25, 0.3) is 0 Å². The van der Waals surface area contributed by atoms with Crippen molar-refractivity contribution in [1.82, 2.24) is 5.32 Å². The van der Waals surface area contributed by atoms with Gasteiger partial charge in [0, 0.05) is 58.0 Å². The zero-order valence-corrected chi connectivity index (χ0v) is 23.6. The number of nitrogens with one attached hydrogen (secondary N) is 2. The van der Waals surface area contributed by atoms with Crippen LogP contribution >= 0.6 is 11.6 Å². The summed E-state index contributed by atoms with van der Waals surface area (Å²) < 4.78 is 16.3. The Morgan fingerprint density at radius 1 is 1.21 bits per heavy atom. The Hall–Kier alpha value is -1.28. The summed E-state index contributed by atoms with van der Waals surface area (Å²) in [6.45, 7) is 7.79. The minimum absolute atomic E-state index is 0.0157. The number of alkyl halides is 1. The van der Waals surface area contributed by atoms with Gasteiger partial charge in [0.05, 0.1) is 10.2 Å². The minimum Gasteiger partial charge on any atom is -0.329 e. The fourth-order valence-corrected chi connectivity index (χ4v) is 9.15. The largest absolute Gasteiger partial charge is 0.329 e. The molecule has 34 heavy (non-hydrogen) atoms. The molecule has 2 unspecified atom stereocenters. The van der Waals surface area contributed by atoms with E-state index in [1.807, 2.05) is 12.1 Å². The average molecular weight is 505 g/mol. The molecular weight excluding hydrogens is 467 g/mol. The quantitative estimate of drug-likeness (QED) is 0.540. The summed E-state index contributed by atoms with van der Waals surface area (Å²) >= 11 is 6.39. The van der Waals surface area contributed by atoms with Crippen molar-refractivity contribution in [3.63, 3.8) is 0 Å². The molecule has 1 amide bonds. The van der Waals surface area contributed by atoms with E-state index in [4.69, 9.17) is 17.3 Å². The SMILES string of the molecule is CC1(C)CCC2(CC1)N[C@@H](CN)[C@H]([C@@]1(C)CCN=C([SiH3])C1F)C21CC(=O)Nc2cc(Cl)ccc21. The van der Waals surface area contributed by atoms with Gasteiger partial charge in [-0.1, -0.05) is 38.4 Å². The first-order valence-electron chi connectivity index (χ1n) is 12.7. The fourth-order valence-electron chi connectivity index (χ4n) is 8.10. The summed E-state index contributed by atoms with van der Waals surface area (Å²) in [7, 11) is 0.606. The first kappa shape index (κ1) is 24.4. The van der Waals surface area contributed by atoms with Crippen molar-refractivity contribution in [2.45, 2.75) is 82.5 Å². The Kier molecular flexibility index (Phi) is 5.83. The van der Waals surface area contributed by atoms with Crippen molar-refractivity contribution < 1.29 is 9.18 Å². The predicted molar refractivity (Wildman–Crippen MR) is 141 cm³/mol. The van der Waals surface area contributed by atoms with E-state index in [9.17, 15) is 4.79 Å². The molecule has 4 aliphatic rings. The van der Waals surface area contributed by atoms with Gasteiger partial charge in [0.1, 0.15) is 6.17 Å². The maximum Gasteiger partial charge on any atom is 0.225 e. The molecule has 1 saturated heterocycles. The molecule has 5 rings (SSSR count). The van der Waals surface area contributed by atoms with Gasteiger partial charge in [-0.05, 0) is 61.1 Å². The van der Waals surface area contributed by atoms with Gasteiger partial charge in [-0.3, -0.25) is 9.79 Å². The number of benzene rings is 1. The number of nitrogens with two attached hydrogens (primary N) is 1. The highest BCUT2D eigenvalue weighted by molar-refractivity contribution is 6.61. The monoisotopic (exact) mass is 504 g/mol. The highest BCUT2D eigenvalue weighted by Crippen LogP contribution is 2.66. The Bertz CT molecular complexity index is 1040. The molecule has 5 nitrogen and oxygen atoms in total. The molecular formula is C26H38ClFN4OSi. The second-order valence-corrected chi connectivity index (χ2v) is 13.7. The van der Waals surface area contributed by atoms with Crippen LogP contribution in [0.2, 0.25) is 5.02 Å². The smallest absolute Gasteiger partial charge is 0.225 e. The average Bonchev–Trinajstić information content (AvgIpc) is 3.04. The molecule has 1 aromatic carbocycles. The van der Waals surface area contributed by atoms with E-state index in [1.54, 1.807) is 0 Å². The third kappa shape index (κ3) is 3.37. The fraction of sp³-hybridized carbons (Fsp3) is 0.692. The molecule has 186 valence electrons. The van der Waals surface area contributed by atoms with E-state index in [0.717, 1.165) is 36.9 Å². The van der Waals surface area contributed by atoms with Crippen LogP contribution in [0.3, 0.4) is 0 Å². The van der Waals surface area contributed by atoms with Crippen molar-refractivity contribution in [3.05, 3.63) is 28.8 Å². The van der Waals surface area contributed by atoms with E-state index in [1.165, 1.54) is 0 Å². The molecule has 1 aliphatic carbocycles. The third-order valence-corrected chi connectivity index (χ3v) is 10.9. The molecule has 1 aromatic rings. The predicted octanol–water partition coefficient (Wildman–Crippen LogP) is 3.32. The number of fused-ring (bicyclic) bond motifs is 3. The van der Waals surface area contributed by atoms with Gasteiger partial charge in [-0.25, -0.2) is 4.39 Å². The zero-order valence-electron chi connectivity index (χ0n) is 20.8. The molecule has 4 N–H and O–H groups in total. The maximum absolute atomic E-state index is 16.3. The van der Waals surface area contributed by atoms with Crippen molar-refractivity contribution in [3.8, 4) is 0 Å². The lowest BCUT2D eigenvalue weighted by atomic mass is 9.46. The topological polar surface area (TPSA) is 79.5 Å². The van der Waals surface area contributed by atoms with Gasteiger partial charge in [0.25, 0.3) is 0 Å². The van der Waals surface area contributed by atoms with E-state index in [-0.39, 0.29) is 28.8 Å². The maximum atomic E-state index is 16.3. The van der Waals surface area contributed by atoms with Crippen LogP contribution in [0, 0.1) is 16.7 Å². The summed E-state index contributed by atoms with van der Waals surface area (Å²) in [5.41, 5.74) is 7.03. The number of rotatable bonds is 2. The Labute approximate surface area is 210 Å². The third-order valence-electron chi connectivity index (χ3n) is 9.80. The highest BCUT2D eigenvalue weighted by Gasteiger charge is 2.71. The number of nitrogens with zero attached hydrogens (tertiary/aromatic N) is 1. The Balaban J connectivity index is 1.78. The second kappa shape index (κ2) is 8.12. The number of hydrogen-bond donors (Lipinski definition) is 3. The molecule has 0 aromatic heterocycles. The van der Waals surface area contributed by atoms with Crippen LogP contribution in [0.5, 0.6) is 0 Å². The van der Waals surface area contributed by atoms with E-state index >= 15 is 4.39 Å². The molecule has 3 heterocycles. The lowest BCUT2D eigenvalue weighted by molar-refractivity contribution is -0.120. The van der Waals surface area contributed by atoms with Crippen LogP contribution in [0.4, 0.5) is 10.1 Å². The van der Waals surface area contributed by atoms with E-state index in [2.05, 4.69) is 42.5 Å². The number of aliphatic imine (C=N–C) groups is 1. The summed E-state index contributed by atoms with van der Waals surface area (Å²) in [6, 6.07) is 5.79. The van der Waals surface area contributed by atoms with Crippen molar-refractivity contribution >= 4 is 38.8 Å². The number of hydrogen-bond acceptors (Lipinski definition) is 4. The molecule has 2 spiro atoms. The second-order valence-electron chi connectivity index (χ2n) is 12.2. The highest BCUT2D eigenvalue weighted by atomic mass is 35.5. The molecule has 1 saturated carbocycles. The van der Waals surface area contributed by atoms with Gasteiger partial charge < -0.3 is 16.4 Å². The van der Waals surface area contributed by atoms with Crippen LogP contribution in [-0.2, 0) is 10.2 Å². The molecule has 8 heteroatoms. The van der Waals surface area contributed by atoms with Gasteiger partial charge in [-0.2, -0.15) is 0 Å². The standard InChI is InChI=1S/C26H38ClFN4OSi/c1-23(2)6-8-25(9-7-23)26(13-19(33)31-17-12-15(27)4-5-16(17)26)20(18(14-29)32-25)24(3)10-11-30-22(34)21(24)28/h4-5,12,18,20-21,32H,6-11,13-14,29H2,1-3,34H3,(H,31,33)/t18-,20+,21?,24+,26?/m0/s1. The van der Waals surface area contributed by atoms with E-state index in [0.29, 0.717) is 46.5 Å². The molecule has 5 atom stereocenters. The van der Waals surface area contributed by atoms with Gasteiger partial charge in [0.2, 0.25) is 5.91 Å². The van der Waals surface area contributed by atoms with Gasteiger partial charge >= 0.3 is 0 Å². The molecule has 3 aliphatic heterocycles. The summed E-state index contributed by atoms with van der Waals surface area (Å²) in [6.07, 6.45) is 3.89. The number of amides is 1. The van der Waals surface area contributed by atoms with Gasteiger partial charge in [0.15, 0.2) is 0 Å². The van der Waals surface area contributed by atoms with Crippen molar-refractivity contribution in [1.29, 1.82) is 0 Å². The number of carbonyl (C=O) groups is 1. The van der Waals surface area contributed by atoms with Crippen molar-refractivity contribution in [2.75, 3.05) is 18.4 Å². The number of halogens is 2. The van der Waals surface area contributed by atoms with Crippen LogP contribution in [0.15, 0.2) is 23.2 Å². The van der Waals surface area contributed by atoms with Gasteiger partial charge in [-0.15, -0.1) is 0 Å². The number of anilines is 1. The summed E-state index contributed by atoms with van der Waals surface area (Å²) in [4.78, 5) is 17.9. The zero-order chi connectivity index (χ0) is 24.5. The minimum atomic E-state index is -1.11.